The quantitative estimate of drug-likeness (QED) is 0.850. The van der Waals surface area contributed by atoms with Gasteiger partial charge in [0.1, 0.15) is 0 Å². The zero-order chi connectivity index (χ0) is 10.8. The molecule has 1 rings (SSSR count). The number of halogens is 1. The van der Waals surface area contributed by atoms with Crippen LogP contribution in [0, 0.1) is 0 Å². The van der Waals surface area contributed by atoms with Gasteiger partial charge in [0.05, 0.1) is 4.90 Å². The van der Waals surface area contributed by atoms with Gasteiger partial charge in [-0.25, -0.2) is 8.42 Å². The molecule has 0 saturated heterocycles. The van der Waals surface area contributed by atoms with Gasteiger partial charge < -0.3 is 10.5 Å². The van der Waals surface area contributed by atoms with Crippen molar-refractivity contribution in [3.05, 3.63) is 22.7 Å². The highest BCUT2D eigenvalue weighted by atomic mass is 79.9. The van der Waals surface area contributed by atoms with Crippen LogP contribution in [0.25, 0.3) is 0 Å². The number of hydrogen-bond donors (Lipinski definition) is 1. The van der Waals surface area contributed by atoms with Crippen molar-refractivity contribution >= 4 is 31.5 Å². The normalized spacial score (nSPS) is 11.6. The van der Waals surface area contributed by atoms with Crippen LogP contribution in [0.4, 0.5) is 5.69 Å². The van der Waals surface area contributed by atoms with Crippen LogP contribution < -0.4 is 5.73 Å². The summed E-state index contributed by atoms with van der Waals surface area (Å²) in [6.07, 6.45) is 0. The number of benzene rings is 1. The first-order valence-electron chi connectivity index (χ1n) is 3.74. The minimum absolute atomic E-state index is 0.188. The smallest absolute Gasteiger partial charge is 0.203 e. The van der Waals surface area contributed by atoms with E-state index >= 15 is 0 Å². The number of anilines is 1. The zero-order valence-electron chi connectivity index (χ0n) is 7.53. The highest BCUT2D eigenvalue weighted by Crippen LogP contribution is 2.25. The van der Waals surface area contributed by atoms with Gasteiger partial charge in [0.15, 0.2) is 5.94 Å². The summed E-state index contributed by atoms with van der Waals surface area (Å²) in [5, 5.41) is 0. The van der Waals surface area contributed by atoms with Crippen molar-refractivity contribution in [1.29, 1.82) is 0 Å². The van der Waals surface area contributed by atoms with E-state index in [0.29, 0.717) is 10.2 Å². The van der Waals surface area contributed by atoms with Crippen LogP contribution in [-0.4, -0.2) is 21.5 Å². The van der Waals surface area contributed by atoms with Crippen molar-refractivity contribution in [3.8, 4) is 0 Å². The summed E-state index contributed by atoms with van der Waals surface area (Å²) in [5.41, 5.74) is 6.00. The van der Waals surface area contributed by atoms with Crippen molar-refractivity contribution in [2.75, 3.05) is 18.8 Å². The summed E-state index contributed by atoms with van der Waals surface area (Å²) in [4.78, 5) is 0.188. The zero-order valence-corrected chi connectivity index (χ0v) is 9.93. The number of hydrogen-bond acceptors (Lipinski definition) is 4. The molecule has 78 valence electrons. The number of rotatable bonds is 3. The predicted octanol–water partition coefficient (Wildman–Crippen LogP) is 1.41. The molecule has 4 nitrogen and oxygen atoms in total. The Bertz CT molecular complexity index is 430. The van der Waals surface area contributed by atoms with Gasteiger partial charge >= 0.3 is 0 Å². The molecule has 0 radical (unpaired) electrons. The molecule has 0 fully saturated rings. The van der Waals surface area contributed by atoms with Gasteiger partial charge in [0, 0.05) is 17.3 Å². The van der Waals surface area contributed by atoms with Gasteiger partial charge in [-0.1, -0.05) is 0 Å². The van der Waals surface area contributed by atoms with Crippen LogP contribution in [0.5, 0.6) is 0 Å². The highest BCUT2D eigenvalue weighted by Gasteiger charge is 2.17. The molecule has 0 amide bonds. The topological polar surface area (TPSA) is 69.4 Å². The van der Waals surface area contributed by atoms with Crippen molar-refractivity contribution < 1.29 is 13.2 Å². The molecule has 0 aromatic heterocycles. The van der Waals surface area contributed by atoms with Crippen molar-refractivity contribution in [1.82, 2.24) is 0 Å². The average molecular weight is 280 g/mol. The van der Waals surface area contributed by atoms with Crippen molar-refractivity contribution in [3.63, 3.8) is 0 Å². The van der Waals surface area contributed by atoms with E-state index in [1.807, 2.05) is 0 Å². The molecule has 0 aliphatic carbocycles. The lowest BCUT2D eigenvalue weighted by Gasteiger charge is -2.05. The second kappa shape index (κ2) is 4.29. The van der Waals surface area contributed by atoms with Gasteiger partial charge in [-0.15, -0.1) is 0 Å². The molecule has 0 heterocycles. The number of ether oxygens (including phenoxy) is 1. The third-order valence-corrected chi connectivity index (χ3v) is 4.05. The summed E-state index contributed by atoms with van der Waals surface area (Å²) >= 11 is 3.14. The number of sulfone groups is 1. The first-order valence-corrected chi connectivity index (χ1v) is 6.18. The average Bonchev–Trinajstić information content (AvgIpc) is 2.02. The lowest BCUT2D eigenvalue weighted by Crippen LogP contribution is -2.09. The summed E-state index contributed by atoms with van der Waals surface area (Å²) in [6.45, 7) is 0. The minimum Gasteiger partial charge on any atom is -0.399 e. The molecule has 0 aliphatic heterocycles. The van der Waals surface area contributed by atoms with Crippen molar-refractivity contribution in [2.24, 2.45) is 0 Å². The maximum absolute atomic E-state index is 11.6. The van der Waals surface area contributed by atoms with Gasteiger partial charge in [-0.3, -0.25) is 0 Å². The molecule has 2 N–H and O–H groups in total. The van der Waals surface area contributed by atoms with E-state index in [0.717, 1.165) is 0 Å². The molecule has 0 spiro atoms. The fraction of sp³-hybridized carbons (Fsp3) is 0.250. The highest BCUT2D eigenvalue weighted by molar-refractivity contribution is 9.10. The molecule has 1 aromatic rings. The molecule has 14 heavy (non-hydrogen) atoms. The molecule has 1 aromatic carbocycles. The summed E-state index contributed by atoms with van der Waals surface area (Å²) in [6, 6.07) is 4.53. The van der Waals surface area contributed by atoms with E-state index < -0.39 is 9.84 Å². The Hall–Kier alpha value is -0.590. The predicted molar refractivity (Wildman–Crippen MR) is 57.6 cm³/mol. The lowest BCUT2D eigenvalue weighted by atomic mass is 10.3. The Morgan fingerprint density at radius 2 is 2.14 bits per heavy atom. The number of nitrogen functional groups attached to an aromatic ring is 1. The standard InChI is InChI=1S/C8H10BrNO3S/c1-13-5-14(11,12)8-3-2-6(10)4-7(8)9/h2-4H,5,10H2,1H3. The van der Waals surface area contributed by atoms with Crippen molar-refractivity contribution in [2.45, 2.75) is 4.90 Å². The van der Waals surface area contributed by atoms with E-state index in [1.54, 1.807) is 6.07 Å². The molecule has 0 saturated carbocycles. The third kappa shape index (κ3) is 2.46. The number of nitrogens with two attached hydrogens (primary N) is 1. The van der Waals surface area contributed by atoms with Crippen LogP contribution >= 0.6 is 15.9 Å². The fourth-order valence-electron chi connectivity index (χ4n) is 0.988. The summed E-state index contributed by atoms with van der Waals surface area (Å²) < 4.78 is 28.2. The summed E-state index contributed by atoms with van der Waals surface area (Å²) in [5.74, 6) is -0.338. The molecule has 0 bridgehead atoms. The van der Waals surface area contributed by atoms with Gasteiger partial charge in [-0.2, -0.15) is 0 Å². The van der Waals surface area contributed by atoms with Crippen LogP contribution in [0.3, 0.4) is 0 Å². The SMILES string of the molecule is COCS(=O)(=O)c1ccc(N)cc1Br. The largest absolute Gasteiger partial charge is 0.399 e. The Morgan fingerprint density at radius 1 is 1.50 bits per heavy atom. The molecule has 0 atom stereocenters. The van der Waals surface area contributed by atoms with E-state index in [2.05, 4.69) is 20.7 Å². The Balaban J connectivity index is 3.20. The second-order valence-corrected chi connectivity index (χ2v) is 5.47. The van der Waals surface area contributed by atoms with Crippen LogP contribution in [0.1, 0.15) is 0 Å². The van der Waals surface area contributed by atoms with E-state index in [1.165, 1.54) is 19.2 Å². The third-order valence-electron chi connectivity index (χ3n) is 1.56. The van der Waals surface area contributed by atoms with Crippen LogP contribution in [0.2, 0.25) is 0 Å². The molecule has 0 aliphatic rings. The van der Waals surface area contributed by atoms with Crippen LogP contribution in [0.15, 0.2) is 27.6 Å². The van der Waals surface area contributed by atoms with Gasteiger partial charge in [-0.05, 0) is 34.1 Å². The Morgan fingerprint density at radius 3 is 2.64 bits per heavy atom. The maximum atomic E-state index is 11.6. The first kappa shape index (κ1) is 11.5. The first-order chi connectivity index (χ1) is 6.47. The van der Waals surface area contributed by atoms with E-state index in [4.69, 9.17) is 5.73 Å². The maximum Gasteiger partial charge on any atom is 0.203 e. The van der Waals surface area contributed by atoms with Gasteiger partial charge in [0.25, 0.3) is 0 Å². The Kier molecular flexibility index (Phi) is 3.52. The monoisotopic (exact) mass is 279 g/mol. The second-order valence-electron chi connectivity index (χ2n) is 2.71. The Labute approximate surface area is 91.1 Å². The molecular weight excluding hydrogens is 270 g/mol. The number of methoxy groups -OCH3 is 1. The van der Waals surface area contributed by atoms with Gasteiger partial charge in [0.2, 0.25) is 9.84 Å². The minimum atomic E-state index is -3.38. The molecule has 0 unspecified atom stereocenters. The molecule has 6 heteroatoms. The molecular formula is C8H10BrNO3S. The van der Waals surface area contributed by atoms with E-state index in [-0.39, 0.29) is 10.8 Å². The lowest BCUT2D eigenvalue weighted by molar-refractivity contribution is 0.249. The van der Waals surface area contributed by atoms with Crippen LogP contribution in [-0.2, 0) is 14.6 Å². The summed E-state index contributed by atoms with van der Waals surface area (Å²) in [7, 11) is -2.05. The fourth-order valence-corrected chi connectivity index (χ4v) is 3.19. The van der Waals surface area contributed by atoms with E-state index in [9.17, 15) is 8.42 Å².